The first-order valence-corrected chi connectivity index (χ1v) is 5.46. The molecular formula is C8H13Sn. The molecule has 3 aliphatic rings. The third-order valence-corrected chi connectivity index (χ3v) is 5.23. The first kappa shape index (κ1) is 6.51. The normalized spacial score (nSPS) is 49.7. The molecule has 0 saturated heterocycles. The molecule has 3 aliphatic carbocycles. The Bertz CT molecular complexity index is 98.0. The molecule has 0 aliphatic heterocycles. The van der Waals surface area contributed by atoms with Crippen molar-refractivity contribution in [1.29, 1.82) is 0 Å². The Morgan fingerprint density at radius 1 is 1.00 bits per heavy atom. The average Bonchev–Trinajstić information content (AvgIpc) is 1.90. The molecule has 1 heteroatoms. The molecule has 0 amide bonds. The molecular weight excluding hydrogens is 215 g/mol. The molecule has 0 atom stereocenters. The molecule has 0 spiro atoms. The summed E-state index contributed by atoms with van der Waals surface area (Å²) in [5.41, 5.74) is 0. The van der Waals surface area contributed by atoms with Crippen molar-refractivity contribution in [3.8, 4) is 0 Å². The van der Waals surface area contributed by atoms with Gasteiger partial charge in [0.1, 0.15) is 0 Å². The summed E-state index contributed by atoms with van der Waals surface area (Å²) in [6, 6.07) is 0. The summed E-state index contributed by atoms with van der Waals surface area (Å²) >= 11 is 1.82. The van der Waals surface area contributed by atoms with Gasteiger partial charge in [-0.1, -0.05) is 0 Å². The summed E-state index contributed by atoms with van der Waals surface area (Å²) in [5.74, 6) is 1.15. The quantitative estimate of drug-likeness (QED) is 0.558. The van der Waals surface area contributed by atoms with Gasteiger partial charge in [0.2, 0.25) is 0 Å². The second-order valence-electron chi connectivity index (χ2n) is 3.76. The molecule has 0 heterocycles. The van der Waals surface area contributed by atoms with Crippen LogP contribution in [-0.4, -0.2) is 22.5 Å². The van der Waals surface area contributed by atoms with Gasteiger partial charge >= 0.3 is 70.4 Å². The molecule has 0 nitrogen and oxygen atoms in total. The molecule has 3 rings (SSSR count). The fraction of sp³-hybridized carbons (Fsp3) is 1.00. The van der Waals surface area contributed by atoms with Gasteiger partial charge in [0, 0.05) is 0 Å². The van der Waals surface area contributed by atoms with E-state index in [9.17, 15) is 0 Å². The van der Waals surface area contributed by atoms with Crippen LogP contribution in [0.5, 0.6) is 0 Å². The zero-order valence-electron chi connectivity index (χ0n) is 5.82. The first-order valence-electron chi connectivity index (χ1n) is 4.04. The zero-order valence-corrected chi connectivity index (χ0v) is 8.67. The van der Waals surface area contributed by atoms with Gasteiger partial charge in [0.05, 0.1) is 0 Å². The molecule has 0 N–H and O–H groups in total. The standard InChI is InChI=1S/C8H13.Sn/c1-2-8-5-3-7(1)4-6-8;/h7H,1-6H2;. The van der Waals surface area contributed by atoms with Crippen LogP contribution in [0.2, 0.25) is 3.43 Å². The minimum absolute atomic E-state index is 0.876. The summed E-state index contributed by atoms with van der Waals surface area (Å²) in [4.78, 5) is 0. The van der Waals surface area contributed by atoms with Gasteiger partial charge in [-0.25, -0.2) is 0 Å². The van der Waals surface area contributed by atoms with Crippen LogP contribution in [0.25, 0.3) is 0 Å². The van der Waals surface area contributed by atoms with E-state index in [1.165, 1.54) is 0 Å². The summed E-state index contributed by atoms with van der Waals surface area (Å²) in [7, 11) is 0. The van der Waals surface area contributed by atoms with Crippen LogP contribution in [0, 0.1) is 5.92 Å². The Balaban J connectivity index is 2.11. The topological polar surface area (TPSA) is 0 Å². The Labute approximate surface area is 70.5 Å². The molecule has 2 bridgehead atoms. The minimum atomic E-state index is 0.876. The maximum atomic E-state index is 1.82. The molecule has 0 aromatic rings. The van der Waals surface area contributed by atoms with Crippen LogP contribution in [0.4, 0.5) is 0 Å². The Morgan fingerprint density at radius 3 is 1.67 bits per heavy atom. The predicted octanol–water partition coefficient (Wildman–Crippen LogP) is 2.30. The molecule has 3 radical (unpaired) electrons. The van der Waals surface area contributed by atoms with Crippen molar-refractivity contribution in [2.24, 2.45) is 5.92 Å². The van der Waals surface area contributed by atoms with Crippen molar-refractivity contribution in [2.45, 2.75) is 42.0 Å². The Hall–Kier alpha value is 0.799. The summed E-state index contributed by atoms with van der Waals surface area (Å²) in [6.45, 7) is 0. The Morgan fingerprint density at radius 2 is 1.44 bits per heavy atom. The van der Waals surface area contributed by atoms with Crippen LogP contribution in [0.15, 0.2) is 0 Å². The predicted molar refractivity (Wildman–Crippen MR) is 39.6 cm³/mol. The fourth-order valence-corrected chi connectivity index (χ4v) is 3.49. The van der Waals surface area contributed by atoms with Crippen LogP contribution in [0.1, 0.15) is 38.5 Å². The van der Waals surface area contributed by atoms with Crippen LogP contribution in [0.3, 0.4) is 0 Å². The van der Waals surface area contributed by atoms with Crippen molar-refractivity contribution >= 4 is 22.5 Å². The van der Waals surface area contributed by atoms with Crippen LogP contribution < -0.4 is 0 Å². The van der Waals surface area contributed by atoms with E-state index in [2.05, 4.69) is 0 Å². The molecule has 0 unspecified atom stereocenters. The molecule has 0 aromatic carbocycles. The third kappa shape index (κ3) is 1.15. The van der Waals surface area contributed by atoms with Gasteiger partial charge in [-0.15, -0.1) is 0 Å². The van der Waals surface area contributed by atoms with Crippen molar-refractivity contribution in [1.82, 2.24) is 0 Å². The van der Waals surface area contributed by atoms with E-state index in [0.717, 1.165) is 9.35 Å². The van der Waals surface area contributed by atoms with Crippen molar-refractivity contribution < 1.29 is 0 Å². The van der Waals surface area contributed by atoms with Gasteiger partial charge in [0.25, 0.3) is 0 Å². The SMILES string of the molecule is [Sn][C]12CCC(CC1)CC2. The molecule has 9 heavy (non-hydrogen) atoms. The van der Waals surface area contributed by atoms with Gasteiger partial charge in [-0.3, -0.25) is 0 Å². The van der Waals surface area contributed by atoms with Crippen molar-refractivity contribution in [3.05, 3.63) is 0 Å². The van der Waals surface area contributed by atoms with E-state index in [1.807, 2.05) is 22.5 Å². The average molecular weight is 228 g/mol. The van der Waals surface area contributed by atoms with Gasteiger partial charge in [-0.05, 0) is 0 Å². The number of rotatable bonds is 0. The second-order valence-corrected chi connectivity index (χ2v) is 6.79. The van der Waals surface area contributed by atoms with Crippen molar-refractivity contribution in [3.63, 3.8) is 0 Å². The molecule has 49 valence electrons. The van der Waals surface area contributed by atoms with Crippen LogP contribution in [-0.2, 0) is 0 Å². The van der Waals surface area contributed by atoms with E-state index >= 15 is 0 Å². The maximum absolute atomic E-state index is 1.82. The second kappa shape index (κ2) is 2.14. The number of hydrogen-bond donors (Lipinski definition) is 0. The van der Waals surface area contributed by atoms with E-state index in [-0.39, 0.29) is 0 Å². The Kier molecular flexibility index (Phi) is 1.55. The summed E-state index contributed by atoms with van der Waals surface area (Å²) < 4.78 is 0.876. The summed E-state index contributed by atoms with van der Waals surface area (Å²) in [6.07, 6.45) is 9.38. The van der Waals surface area contributed by atoms with Crippen LogP contribution >= 0.6 is 0 Å². The molecule has 3 fully saturated rings. The van der Waals surface area contributed by atoms with Crippen molar-refractivity contribution in [2.75, 3.05) is 0 Å². The van der Waals surface area contributed by atoms with E-state index < -0.39 is 0 Å². The number of fused-ring (bicyclic) bond motifs is 3. The van der Waals surface area contributed by atoms with Gasteiger partial charge in [-0.2, -0.15) is 0 Å². The summed E-state index contributed by atoms with van der Waals surface area (Å²) in [5, 5.41) is 0. The molecule has 3 saturated carbocycles. The fourth-order valence-electron chi connectivity index (χ4n) is 2.25. The number of hydrogen-bond acceptors (Lipinski definition) is 0. The van der Waals surface area contributed by atoms with E-state index in [1.54, 1.807) is 38.5 Å². The van der Waals surface area contributed by atoms with Gasteiger partial charge in [0.15, 0.2) is 0 Å². The monoisotopic (exact) mass is 229 g/mol. The first-order chi connectivity index (χ1) is 4.29. The zero-order chi connectivity index (χ0) is 6.32. The van der Waals surface area contributed by atoms with E-state index in [0.29, 0.717) is 0 Å². The molecule has 0 aromatic heterocycles. The van der Waals surface area contributed by atoms with Gasteiger partial charge < -0.3 is 0 Å². The third-order valence-electron chi connectivity index (χ3n) is 3.09. The van der Waals surface area contributed by atoms with E-state index in [4.69, 9.17) is 0 Å².